The number of nitrogens with one attached hydrogen (secondary N) is 2. The van der Waals surface area contributed by atoms with Crippen molar-refractivity contribution in [2.75, 3.05) is 11.9 Å². The molecule has 0 atom stereocenters. The topological polar surface area (TPSA) is 58.2 Å². The molecule has 0 bridgehead atoms. The van der Waals surface area contributed by atoms with Crippen molar-refractivity contribution in [3.05, 3.63) is 65.5 Å². The van der Waals surface area contributed by atoms with E-state index in [0.717, 1.165) is 11.3 Å². The molecule has 0 aliphatic heterocycles. The van der Waals surface area contributed by atoms with E-state index < -0.39 is 0 Å². The van der Waals surface area contributed by atoms with Gasteiger partial charge in [0.15, 0.2) is 0 Å². The fraction of sp³-hybridized carbons (Fsp3) is 0.263. The molecule has 5 heteroatoms. The van der Waals surface area contributed by atoms with Crippen molar-refractivity contribution in [2.24, 2.45) is 0 Å². The van der Waals surface area contributed by atoms with Gasteiger partial charge in [-0.3, -0.25) is 9.59 Å². The predicted octanol–water partition coefficient (Wildman–Crippen LogP) is 3.25. The molecule has 0 fully saturated rings. The van der Waals surface area contributed by atoms with E-state index in [-0.39, 0.29) is 36.5 Å². The molecule has 0 saturated carbocycles. The highest BCUT2D eigenvalue weighted by molar-refractivity contribution is 5.95. The zero-order valence-electron chi connectivity index (χ0n) is 13.8. The Kier molecular flexibility index (Phi) is 6.07. The molecule has 4 nitrogen and oxygen atoms in total. The van der Waals surface area contributed by atoms with Crippen molar-refractivity contribution >= 4 is 17.5 Å². The monoisotopic (exact) mass is 328 g/mol. The summed E-state index contributed by atoms with van der Waals surface area (Å²) in [5.41, 5.74) is 2.35. The maximum absolute atomic E-state index is 13.1. The molecule has 2 rings (SSSR count). The van der Waals surface area contributed by atoms with Crippen LogP contribution in [0.15, 0.2) is 48.5 Å². The lowest BCUT2D eigenvalue weighted by molar-refractivity contribution is -0.123. The molecule has 0 radical (unpaired) electrons. The number of benzene rings is 2. The minimum Gasteiger partial charge on any atom is -0.347 e. The summed E-state index contributed by atoms with van der Waals surface area (Å²) in [6.45, 7) is 3.97. The van der Waals surface area contributed by atoms with Crippen molar-refractivity contribution in [3.8, 4) is 0 Å². The Hall–Kier alpha value is -2.69. The molecule has 2 aromatic carbocycles. The first-order chi connectivity index (χ1) is 11.5. The molecule has 0 aromatic heterocycles. The first-order valence-electron chi connectivity index (χ1n) is 7.85. The van der Waals surface area contributed by atoms with Crippen molar-refractivity contribution in [1.29, 1.82) is 0 Å². The van der Waals surface area contributed by atoms with Crippen LogP contribution in [0.3, 0.4) is 0 Å². The molecular weight excluding hydrogens is 307 g/mol. The second kappa shape index (κ2) is 8.24. The van der Waals surface area contributed by atoms with Crippen molar-refractivity contribution < 1.29 is 14.0 Å². The first kappa shape index (κ1) is 17.7. The molecule has 0 saturated heterocycles. The summed E-state index contributed by atoms with van der Waals surface area (Å²) in [5.74, 6) is -0.726. The van der Waals surface area contributed by atoms with E-state index in [1.807, 2.05) is 38.1 Å². The molecule has 0 heterocycles. The van der Waals surface area contributed by atoms with Crippen LogP contribution in [0, 0.1) is 5.82 Å². The van der Waals surface area contributed by atoms with Crippen molar-refractivity contribution in [2.45, 2.75) is 26.2 Å². The summed E-state index contributed by atoms with van der Waals surface area (Å²) >= 11 is 0. The molecule has 0 aliphatic carbocycles. The summed E-state index contributed by atoms with van der Waals surface area (Å²) < 4.78 is 13.1. The fourth-order valence-electron chi connectivity index (χ4n) is 2.38. The Bertz CT molecular complexity index is 729. The quantitative estimate of drug-likeness (QED) is 0.855. The summed E-state index contributed by atoms with van der Waals surface area (Å²) in [7, 11) is 0. The molecule has 0 spiro atoms. The van der Waals surface area contributed by atoms with Gasteiger partial charge in [-0.1, -0.05) is 44.2 Å². The van der Waals surface area contributed by atoms with Gasteiger partial charge in [0.25, 0.3) is 0 Å². The van der Waals surface area contributed by atoms with E-state index >= 15 is 0 Å². The Morgan fingerprint density at radius 2 is 1.79 bits per heavy atom. The lowest BCUT2D eigenvalue weighted by Gasteiger charge is -2.13. The van der Waals surface area contributed by atoms with Crippen LogP contribution in [-0.2, 0) is 16.0 Å². The van der Waals surface area contributed by atoms with Crippen LogP contribution in [-0.4, -0.2) is 18.4 Å². The minimum atomic E-state index is -0.386. The normalized spacial score (nSPS) is 10.5. The van der Waals surface area contributed by atoms with E-state index in [0.29, 0.717) is 5.56 Å². The number of hydrogen-bond donors (Lipinski definition) is 2. The number of anilines is 1. The Labute approximate surface area is 141 Å². The summed E-state index contributed by atoms with van der Waals surface area (Å²) in [6, 6.07) is 13.4. The van der Waals surface area contributed by atoms with Gasteiger partial charge >= 0.3 is 0 Å². The van der Waals surface area contributed by atoms with Crippen molar-refractivity contribution in [3.63, 3.8) is 0 Å². The van der Waals surface area contributed by atoms with E-state index in [4.69, 9.17) is 0 Å². The third-order valence-electron chi connectivity index (χ3n) is 3.56. The Morgan fingerprint density at radius 1 is 1.04 bits per heavy atom. The Morgan fingerprint density at radius 3 is 2.50 bits per heavy atom. The van der Waals surface area contributed by atoms with Crippen molar-refractivity contribution in [1.82, 2.24) is 5.32 Å². The SMILES string of the molecule is CC(C)c1ccccc1NC(=O)CNC(=O)Cc1cccc(F)c1. The second-order valence-corrected chi connectivity index (χ2v) is 5.87. The van der Waals surface area contributed by atoms with Gasteiger partial charge in [-0.05, 0) is 35.2 Å². The maximum atomic E-state index is 13.1. The molecular formula is C19H21FN2O2. The summed E-state index contributed by atoms with van der Waals surface area (Å²) in [5, 5.41) is 5.35. The summed E-state index contributed by atoms with van der Waals surface area (Å²) in [4.78, 5) is 23.9. The van der Waals surface area contributed by atoms with Crippen LogP contribution in [0.25, 0.3) is 0 Å². The molecule has 0 aliphatic rings. The number of carbonyl (C=O) groups excluding carboxylic acids is 2. The van der Waals surface area contributed by atoms with Crippen LogP contribution < -0.4 is 10.6 Å². The van der Waals surface area contributed by atoms with Crippen LogP contribution in [0.1, 0.15) is 30.9 Å². The molecule has 2 amide bonds. The standard InChI is InChI=1S/C19H21FN2O2/c1-13(2)16-8-3-4-9-17(16)22-19(24)12-21-18(23)11-14-6-5-7-15(20)10-14/h3-10,13H,11-12H2,1-2H3,(H,21,23)(H,22,24). The molecule has 0 unspecified atom stereocenters. The van der Waals surface area contributed by atoms with Crippen LogP contribution >= 0.6 is 0 Å². The fourth-order valence-corrected chi connectivity index (χ4v) is 2.38. The van der Waals surface area contributed by atoms with Crippen LogP contribution in [0.5, 0.6) is 0 Å². The molecule has 2 N–H and O–H groups in total. The predicted molar refractivity (Wildman–Crippen MR) is 92.3 cm³/mol. The van der Waals surface area contributed by atoms with Gasteiger partial charge in [0.05, 0.1) is 13.0 Å². The summed E-state index contributed by atoms with van der Waals surface area (Å²) in [6.07, 6.45) is 0.0353. The molecule has 2 aromatic rings. The third kappa shape index (κ3) is 5.19. The highest BCUT2D eigenvalue weighted by atomic mass is 19.1. The maximum Gasteiger partial charge on any atom is 0.243 e. The van der Waals surface area contributed by atoms with E-state index in [9.17, 15) is 14.0 Å². The molecule has 24 heavy (non-hydrogen) atoms. The van der Waals surface area contributed by atoms with Crippen LogP contribution in [0.4, 0.5) is 10.1 Å². The lowest BCUT2D eigenvalue weighted by Crippen LogP contribution is -2.34. The number of hydrogen-bond acceptors (Lipinski definition) is 2. The van der Waals surface area contributed by atoms with Gasteiger partial charge in [-0.2, -0.15) is 0 Å². The van der Waals surface area contributed by atoms with E-state index in [2.05, 4.69) is 10.6 Å². The number of para-hydroxylation sites is 1. The minimum absolute atomic E-state index is 0.0353. The Balaban J connectivity index is 1.86. The number of carbonyl (C=O) groups is 2. The third-order valence-corrected chi connectivity index (χ3v) is 3.56. The van der Waals surface area contributed by atoms with Gasteiger partial charge in [0.2, 0.25) is 11.8 Å². The zero-order valence-corrected chi connectivity index (χ0v) is 13.8. The van der Waals surface area contributed by atoms with Gasteiger partial charge in [-0.25, -0.2) is 4.39 Å². The van der Waals surface area contributed by atoms with Gasteiger partial charge in [0, 0.05) is 5.69 Å². The average Bonchev–Trinajstić information content (AvgIpc) is 2.53. The van der Waals surface area contributed by atoms with Crippen LogP contribution in [0.2, 0.25) is 0 Å². The zero-order chi connectivity index (χ0) is 17.5. The molecule has 126 valence electrons. The van der Waals surface area contributed by atoms with Gasteiger partial charge < -0.3 is 10.6 Å². The number of halogens is 1. The smallest absolute Gasteiger partial charge is 0.243 e. The first-order valence-corrected chi connectivity index (χ1v) is 7.85. The average molecular weight is 328 g/mol. The lowest BCUT2D eigenvalue weighted by atomic mass is 10.0. The largest absolute Gasteiger partial charge is 0.347 e. The second-order valence-electron chi connectivity index (χ2n) is 5.87. The van der Waals surface area contributed by atoms with Gasteiger partial charge in [-0.15, -0.1) is 0 Å². The number of rotatable bonds is 6. The highest BCUT2D eigenvalue weighted by Gasteiger charge is 2.10. The van der Waals surface area contributed by atoms with E-state index in [1.54, 1.807) is 12.1 Å². The number of amides is 2. The highest BCUT2D eigenvalue weighted by Crippen LogP contribution is 2.23. The van der Waals surface area contributed by atoms with E-state index in [1.165, 1.54) is 12.1 Å². The van der Waals surface area contributed by atoms with Gasteiger partial charge in [0.1, 0.15) is 5.82 Å².